The molecule has 1 aliphatic rings. The highest BCUT2D eigenvalue weighted by Crippen LogP contribution is 2.24. The number of carbonyl (C=O) groups excluding carboxylic acids is 1. The second-order valence-electron chi connectivity index (χ2n) is 4.49. The van der Waals surface area contributed by atoms with Crippen LogP contribution in [0.15, 0.2) is 18.2 Å². The average molecular weight is 252 g/mol. The molecule has 0 aromatic heterocycles. The normalized spacial score (nSPS) is 16.9. The van der Waals surface area contributed by atoms with Gasteiger partial charge in [0, 0.05) is 31.4 Å². The lowest BCUT2D eigenvalue weighted by Crippen LogP contribution is -2.34. The van der Waals surface area contributed by atoms with Gasteiger partial charge >= 0.3 is 0 Å². The molecular formula is C13H17FN2O2. The van der Waals surface area contributed by atoms with Crippen LogP contribution < -0.4 is 4.90 Å². The van der Waals surface area contributed by atoms with Crippen molar-refractivity contribution in [1.82, 2.24) is 4.90 Å². The van der Waals surface area contributed by atoms with Crippen molar-refractivity contribution in [3.05, 3.63) is 29.6 Å². The number of halogens is 1. The lowest BCUT2D eigenvalue weighted by atomic mass is 10.1. The lowest BCUT2D eigenvalue weighted by molar-refractivity contribution is -0.127. The van der Waals surface area contributed by atoms with Gasteiger partial charge in [-0.15, -0.1) is 0 Å². The van der Waals surface area contributed by atoms with Crippen LogP contribution in [0.5, 0.6) is 0 Å². The van der Waals surface area contributed by atoms with Crippen LogP contribution in [0, 0.1) is 5.82 Å². The first-order chi connectivity index (χ1) is 8.63. The van der Waals surface area contributed by atoms with Gasteiger partial charge in [-0.1, -0.05) is 6.07 Å². The number of benzene rings is 1. The zero-order valence-electron chi connectivity index (χ0n) is 10.4. The molecule has 1 saturated heterocycles. The number of aliphatic hydroxyl groups excluding tert-OH is 1. The van der Waals surface area contributed by atoms with E-state index in [-0.39, 0.29) is 24.6 Å². The Morgan fingerprint density at radius 3 is 2.89 bits per heavy atom. The summed E-state index contributed by atoms with van der Waals surface area (Å²) in [6.45, 7) is 1.27. The summed E-state index contributed by atoms with van der Waals surface area (Å²) < 4.78 is 13.6. The Bertz CT molecular complexity index is 451. The van der Waals surface area contributed by atoms with Crippen molar-refractivity contribution in [1.29, 1.82) is 0 Å². The quantitative estimate of drug-likeness (QED) is 0.853. The summed E-state index contributed by atoms with van der Waals surface area (Å²) in [5.74, 6) is -0.416. The SMILES string of the molecule is CN1CCCN(c2cccc(F)c2CO)CC1=O. The summed E-state index contributed by atoms with van der Waals surface area (Å²) in [5, 5.41) is 9.26. The highest BCUT2D eigenvalue weighted by molar-refractivity contribution is 5.82. The number of anilines is 1. The largest absolute Gasteiger partial charge is 0.391 e. The molecule has 1 heterocycles. The number of nitrogens with zero attached hydrogens (tertiary/aromatic N) is 2. The molecule has 1 amide bonds. The predicted octanol–water partition coefficient (Wildman–Crippen LogP) is 0.986. The van der Waals surface area contributed by atoms with Gasteiger partial charge in [0.1, 0.15) is 5.82 Å². The van der Waals surface area contributed by atoms with E-state index in [9.17, 15) is 14.3 Å². The van der Waals surface area contributed by atoms with E-state index in [1.165, 1.54) is 6.07 Å². The van der Waals surface area contributed by atoms with E-state index in [1.54, 1.807) is 24.1 Å². The van der Waals surface area contributed by atoms with Gasteiger partial charge in [0.25, 0.3) is 0 Å². The van der Waals surface area contributed by atoms with Crippen molar-refractivity contribution in [3.8, 4) is 0 Å². The Morgan fingerprint density at radius 1 is 1.39 bits per heavy atom. The lowest BCUT2D eigenvalue weighted by Gasteiger charge is -2.24. The molecule has 1 aromatic rings. The first-order valence-electron chi connectivity index (χ1n) is 6.00. The summed E-state index contributed by atoms with van der Waals surface area (Å²) in [7, 11) is 1.77. The number of aliphatic hydroxyl groups is 1. The van der Waals surface area contributed by atoms with Crippen LogP contribution in [0.2, 0.25) is 0 Å². The molecule has 98 valence electrons. The van der Waals surface area contributed by atoms with Crippen molar-refractivity contribution in [2.75, 3.05) is 31.6 Å². The van der Waals surface area contributed by atoms with Crippen LogP contribution in [0.25, 0.3) is 0 Å². The fourth-order valence-electron chi connectivity index (χ4n) is 2.19. The van der Waals surface area contributed by atoms with E-state index in [0.29, 0.717) is 18.8 Å². The molecule has 0 spiro atoms. The van der Waals surface area contributed by atoms with Crippen molar-refractivity contribution in [2.45, 2.75) is 13.0 Å². The number of hydrogen-bond acceptors (Lipinski definition) is 3. The predicted molar refractivity (Wildman–Crippen MR) is 66.8 cm³/mol. The molecule has 1 fully saturated rings. The average Bonchev–Trinajstić information content (AvgIpc) is 2.52. The van der Waals surface area contributed by atoms with Gasteiger partial charge < -0.3 is 14.9 Å². The molecule has 2 rings (SSSR count). The number of hydrogen-bond donors (Lipinski definition) is 1. The van der Waals surface area contributed by atoms with Crippen LogP contribution in [-0.2, 0) is 11.4 Å². The van der Waals surface area contributed by atoms with Gasteiger partial charge in [-0.05, 0) is 18.6 Å². The van der Waals surface area contributed by atoms with Gasteiger partial charge in [-0.2, -0.15) is 0 Å². The number of rotatable bonds is 2. The second kappa shape index (κ2) is 5.35. The van der Waals surface area contributed by atoms with Gasteiger partial charge in [-0.3, -0.25) is 4.79 Å². The van der Waals surface area contributed by atoms with E-state index in [4.69, 9.17) is 0 Å². The summed E-state index contributed by atoms with van der Waals surface area (Å²) in [5.41, 5.74) is 0.871. The third kappa shape index (κ3) is 2.46. The maximum atomic E-state index is 13.6. The maximum absolute atomic E-state index is 13.6. The Kier molecular flexibility index (Phi) is 3.81. The van der Waals surface area contributed by atoms with Gasteiger partial charge in [0.2, 0.25) is 5.91 Å². The molecule has 1 aliphatic heterocycles. The topological polar surface area (TPSA) is 43.8 Å². The maximum Gasteiger partial charge on any atom is 0.241 e. The van der Waals surface area contributed by atoms with Crippen LogP contribution in [-0.4, -0.2) is 42.6 Å². The third-order valence-electron chi connectivity index (χ3n) is 3.27. The van der Waals surface area contributed by atoms with E-state index in [1.807, 2.05) is 4.90 Å². The van der Waals surface area contributed by atoms with Crippen LogP contribution >= 0.6 is 0 Å². The molecule has 0 atom stereocenters. The monoisotopic (exact) mass is 252 g/mol. The zero-order chi connectivity index (χ0) is 13.1. The minimum Gasteiger partial charge on any atom is -0.391 e. The van der Waals surface area contributed by atoms with E-state index >= 15 is 0 Å². The highest BCUT2D eigenvalue weighted by Gasteiger charge is 2.21. The third-order valence-corrected chi connectivity index (χ3v) is 3.27. The highest BCUT2D eigenvalue weighted by atomic mass is 19.1. The van der Waals surface area contributed by atoms with Gasteiger partial charge in [0.05, 0.1) is 13.2 Å². The summed E-state index contributed by atoms with van der Waals surface area (Å²) in [4.78, 5) is 15.3. The van der Waals surface area contributed by atoms with Crippen molar-refractivity contribution < 1.29 is 14.3 Å². The molecule has 0 unspecified atom stereocenters. The molecule has 0 radical (unpaired) electrons. The Hall–Kier alpha value is -1.62. The molecule has 0 bridgehead atoms. The number of carbonyl (C=O) groups is 1. The van der Waals surface area contributed by atoms with Gasteiger partial charge in [0.15, 0.2) is 0 Å². The fourth-order valence-corrected chi connectivity index (χ4v) is 2.19. The summed E-state index contributed by atoms with van der Waals surface area (Å²) in [6, 6.07) is 4.66. The molecule has 0 aliphatic carbocycles. The van der Waals surface area contributed by atoms with Gasteiger partial charge in [-0.25, -0.2) is 4.39 Å². The van der Waals surface area contributed by atoms with Crippen LogP contribution in [0.3, 0.4) is 0 Å². The Morgan fingerprint density at radius 2 is 2.17 bits per heavy atom. The number of likely N-dealkylation sites (N-methyl/N-ethyl adjacent to an activating group) is 1. The minimum absolute atomic E-state index is 0.0145. The molecular weight excluding hydrogens is 235 g/mol. The standard InChI is InChI=1S/C13H17FN2O2/c1-15-6-3-7-16(8-13(15)18)12-5-2-4-11(14)10(12)9-17/h2,4-5,17H,3,6-9H2,1H3. The minimum atomic E-state index is -0.431. The Labute approximate surface area is 106 Å². The van der Waals surface area contributed by atoms with Crippen molar-refractivity contribution in [3.63, 3.8) is 0 Å². The van der Waals surface area contributed by atoms with E-state index in [0.717, 1.165) is 6.42 Å². The molecule has 0 saturated carbocycles. The van der Waals surface area contributed by atoms with E-state index in [2.05, 4.69) is 0 Å². The first-order valence-corrected chi connectivity index (χ1v) is 6.00. The summed E-state index contributed by atoms with van der Waals surface area (Å²) in [6.07, 6.45) is 0.837. The zero-order valence-corrected chi connectivity index (χ0v) is 10.4. The first kappa shape index (κ1) is 12.8. The number of amides is 1. The fraction of sp³-hybridized carbons (Fsp3) is 0.462. The van der Waals surface area contributed by atoms with Crippen LogP contribution in [0.4, 0.5) is 10.1 Å². The molecule has 4 nitrogen and oxygen atoms in total. The smallest absolute Gasteiger partial charge is 0.241 e. The Balaban J connectivity index is 2.30. The summed E-state index contributed by atoms with van der Waals surface area (Å²) >= 11 is 0. The van der Waals surface area contributed by atoms with Crippen LogP contribution in [0.1, 0.15) is 12.0 Å². The molecule has 5 heteroatoms. The van der Waals surface area contributed by atoms with Crippen molar-refractivity contribution >= 4 is 11.6 Å². The second-order valence-corrected chi connectivity index (χ2v) is 4.49. The molecule has 18 heavy (non-hydrogen) atoms. The van der Waals surface area contributed by atoms with Crippen molar-refractivity contribution in [2.24, 2.45) is 0 Å². The van der Waals surface area contributed by atoms with E-state index < -0.39 is 5.82 Å². The molecule has 1 N–H and O–H groups in total. The molecule has 1 aromatic carbocycles.